The maximum Gasteiger partial charge on any atom is 0.338 e. The zero-order chi connectivity index (χ0) is 13.8. The Morgan fingerprint density at radius 3 is 2.58 bits per heavy atom. The predicted octanol–water partition coefficient (Wildman–Crippen LogP) is 2.53. The van der Waals surface area contributed by atoms with Crippen molar-refractivity contribution in [1.82, 2.24) is 5.32 Å². The molecule has 1 aliphatic rings. The van der Waals surface area contributed by atoms with Crippen LogP contribution in [0.5, 0.6) is 0 Å². The van der Waals surface area contributed by atoms with Crippen LogP contribution in [0, 0.1) is 6.92 Å². The molecule has 100 valence electrons. The number of carbonyl (C=O) groups is 2. The number of aryl methyl sites for hydroxylation is 1. The third-order valence-corrected chi connectivity index (χ3v) is 3.08. The monoisotopic (exact) mass is 260 g/mol. The second-order valence-corrected chi connectivity index (χ2v) is 4.54. The van der Waals surface area contributed by atoms with Gasteiger partial charge in [0.15, 0.2) is 0 Å². The number of urea groups is 1. The lowest BCUT2D eigenvalue weighted by Gasteiger charge is -2.15. The molecule has 1 aromatic rings. The fourth-order valence-electron chi connectivity index (χ4n) is 2.13. The number of amides is 2. The van der Waals surface area contributed by atoms with Crippen LogP contribution in [-0.2, 0) is 0 Å². The van der Waals surface area contributed by atoms with E-state index >= 15 is 0 Å². The Kier molecular flexibility index (Phi) is 3.85. The standard InChI is InChI=1S/C14H16N2O3/c1-9-5-4-8-11(12(9)13(17)18)16-14(19)15-10-6-2-3-7-10/h2-5,8,10H,6-7H2,1H3,(H,17,18)(H2,15,16,19). The van der Waals surface area contributed by atoms with Crippen molar-refractivity contribution in [2.75, 3.05) is 5.32 Å². The van der Waals surface area contributed by atoms with Crippen LogP contribution in [0.2, 0.25) is 0 Å². The van der Waals surface area contributed by atoms with Gasteiger partial charge in [-0.1, -0.05) is 24.3 Å². The van der Waals surface area contributed by atoms with E-state index in [1.54, 1.807) is 25.1 Å². The first-order chi connectivity index (χ1) is 9.08. The minimum Gasteiger partial charge on any atom is -0.478 e. The highest BCUT2D eigenvalue weighted by molar-refractivity contribution is 6.01. The number of carbonyl (C=O) groups excluding carboxylic acids is 1. The molecule has 0 aliphatic heterocycles. The smallest absolute Gasteiger partial charge is 0.338 e. The third-order valence-electron chi connectivity index (χ3n) is 3.08. The van der Waals surface area contributed by atoms with Gasteiger partial charge < -0.3 is 15.7 Å². The molecule has 0 radical (unpaired) electrons. The lowest BCUT2D eigenvalue weighted by Crippen LogP contribution is -2.36. The van der Waals surface area contributed by atoms with Crippen LogP contribution >= 0.6 is 0 Å². The molecule has 3 N–H and O–H groups in total. The molecule has 19 heavy (non-hydrogen) atoms. The van der Waals surface area contributed by atoms with Gasteiger partial charge in [-0.05, 0) is 31.4 Å². The van der Waals surface area contributed by atoms with Gasteiger partial charge in [-0.3, -0.25) is 0 Å². The van der Waals surface area contributed by atoms with Crippen LogP contribution in [0.15, 0.2) is 30.4 Å². The molecule has 0 spiro atoms. The molecule has 2 amide bonds. The van der Waals surface area contributed by atoms with E-state index in [1.165, 1.54) is 0 Å². The predicted molar refractivity (Wildman–Crippen MR) is 72.5 cm³/mol. The van der Waals surface area contributed by atoms with Crippen molar-refractivity contribution in [3.05, 3.63) is 41.5 Å². The van der Waals surface area contributed by atoms with Crippen LogP contribution < -0.4 is 10.6 Å². The van der Waals surface area contributed by atoms with Gasteiger partial charge in [-0.15, -0.1) is 0 Å². The minimum absolute atomic E-state index is 0.0955. The Bertz CT molecular complexity index is 529. The molecule has 2 rings (SSSR count). The van der Waals surface area contributed by atoms with E-state index in [4.69, 9.17) is 5.11 Å². The van der Waals surface area contributed by atoms with Gasteiger partial charge in [0.2, 0.25) is 0 Å². The first-order valence-electron chi connectivity index (χ1n) is 6.13. The largest absolute Gasteiger partial charge is 0.478 e. The van der Waals surface area contributed by atoms with Gasteiger partial charge in [0, 0.05) is 6.04 Å². The number of hydrogen-bond donors (Lipinski definition) is 3. The minimum atomic E-state index is -1.05. The molecule has 0 saturated heterocycles. The number of aromatic carboxylic acids is 1. The number of anilines is 1. The van der Waals surface area contributed by atoms with Crippen molar-refractivity contribution in [2.24, 2.45) is 0 Å². The third kappa shape index (κ3) is 3.13. The highest BCUT2D eigenvalue weighted by atomic mass is 16.4. The summed E-state index contributed by atoms with van der Waals surface area (Å²) >= 11 is 0. The molecule has 0 heterocycles. The Morgan fingerprint density at radius 2 is 1.95 bits per heavy atom. The Hall–Kier alpha value is -2.30. The van der Waals surface area contributed by atoms with Gasteiger partial charge in [0.1, 0.15) is 0 Å². The summed E-state index contributed by atoms with van der Waals surface area (Å²) in [5.41, 5.74) is 1.06. The molecular weight excluding hydrogens is 244 g/mol. The van der Waals surface area contributed by atoms with Crippen LogP contribution in [0.3, 0.4) is 0 Å². The van der Waals surface area contributed by atoms with Crippen LogP contribution in [-0.4, -0.2) is 23.1 Å². The molecule has 0 atom stereocenters. The zero-order valence-corrected chi connectivity index (χ0v) is 10.6. The summed E-state index contributed by atoms with van der Waals surface area (Å²) in [5.74, 6) is -1.05. The molecule has 0 bridgehead atoms. The highest BCUT2D eigenvalue weighted by Crippen LogP contribution is 2.19. The van der Waals surface area contributed by atoms with Crippen LogP contribution in [0.25, 0.3) is 0 Å². The van der Waals surface area contributed by atoms with Crippen molar-refractivity contribution >= 4 is 17.7 Å². The average Bonchev–Trinajstić information content (AvgIpc) is 2.81. The molecule has 1 aliphatic carbocycles. The van der Waals surface area contributed by atoms with E-state index in [9.17, 15) is 9.59 Å². The van der Waals surface area contributed by atoms with E-state index < -0.39 is 5.97 Å². The molecule has 5 nitrogen and oxygen atoms in total. The van der Waals surface area contributed by atoms with Crippen molar-refractivity contribution < 1.29 is 14.7 Å². The summed E-state index contributed by atoms with van der Waals surface area (Å²) in [5, 5.41) is 14.6. The summed E-state index contributed by atoms with van der Waals surface area (Å²) in [7, 11) is 0. The van der Waals surface area contributed by atoms with E-state index in [0.717, 1.165) is 12.8 Å². The number of nitrogens with one attached hydrogen (secondary N) is 2. The molecule has 5 heteroatoms. The number of hydrogen-bond acceptors (Lipinski definition) is 2. The maximum absolute atomic E-state index is 11.8. The first-order valence-corrected chi connectivity index (χ1v) is 6.13. The summed E-state index contributed by atoms with van der Waals surface area (Å²) < 4.78 is 0. The number of carboxylic acid groups (broad SMARTS) is 1. The summed E-state index contributed by atoms with van der Waals surface area (Å²) in [6.45, 7) is 1.70. The SMILES string of the molecule is Cc1cccc(NC(=O)NC2CC=CC2)c1C(=O)O. The Balaban J connectivity index is 2.08. The summed E-state index contributed by atoms with van der Waals surface area (Å²) in [6, 6.07) is 4.73. The van der Waals surface area contributed by atoms with E-state index in [-0.39, 0.29) is 17.6 Å². The van der Waals surface area contributed by atoms with Crippen molar-refractivity contribution in [3.63, 3.8) is 0 Å². The number of benzene rings is 1. The topological polar surface area (TPSA) is 78.4 Å². The zero-order valence-electron chi connectivity index (χ0n) is 10.6. The first kappa shape index (κ1) is 13.1. The fourth-order valence-corrected chi connectivity index (χ4v) is 2.13. The highest BCUT2D eigenvalue weighted by Gasteiger charge is 2.17. The normalized spacial score (nSPS) is 14.4. The molecule has 0 unspecified atom stereocenters. The van der Waals surface area contributed by atoms with Crippen LogP contribution in [0.4, 0.5) is 10.5 Å². The fraction of sp³-hybridized carbons (Fsp3) is 0.286. The molecule has 0 saturated carbocycles. The Labute approximate surface area is 111 Å². The van der Waals surface area contributed by atoms with Crippen molar-refractivity contribution in [2.45, 2.75) is 25.8 Å². The molecule has 0 fully saturated rings. The summed E-state index contributed by atoms with van der Waals surface area (Å²) in [6.07, 6.45) is 5.65. The van der Waals surface area contributed by atoms with E-state index in [1.807, 2.05) is 12.2 Å². The van der Waals surface area contributed by atoms with Crippen molar-refractivity contribution in [3.8, 4) is 0 Å². The molecule has 1 aromatic carbocycles. The van der Waals surface area contributed by atoms with E-state index in [2.05, 4.69) is 10.6 Å². The second-order valence-electron chi connectivity index (χ2n) is 4.54. The van der Waals surface area contributed by atoms with Gasteiger partial charge in [0.25, 0.3) is 0 Å². The quantitative estimate of drug-likeness (QED) is 0.731. The van der Waals surface area contributed by atoms with Crippen molar-refractivity contribution in [1.29, 1.82) is 0 Å². The molecule has 0 aromatic heterocycles. The van der Waals surface area contributed by atoms with Crippen LogP contribution in [0.1, 0.15) is 28.8 Å². The number of rotatable bonds is 3. The lowest BCUT2D eigenvalue weighted by atomic mass is 10.1. The average molecular weight is 260 g/mol. The van der Waals surface area contributed by atoms with Gasteiger partial charge in [0.05, 0.1) is 11.3 Å². The van der Waals surface area contributed by atoms with Gasteiger partial charge >= 0.3 is 12.0 Å². The summed E-state index contributed by atoms with van der Waals surface area (Å²) in [4.78, 5) is 23.0. The second kappa shape index (κ2) is 5.56. The molecular formula is C14H16N2O3. The number of carboxylic acids is 1. The lowest BCUT2D eigenvalue weighted by molar-refractivity contribution is 0.0697. The van der Waals surface area contributed by atoms with Gasteiger partial charge in [-0.2, -0.15) is 0 Å². The maximum atomic E-state index is 11.8. The van der Waals surface area contributed by atoms with Gasteiger partial charge in [-0.25, -0.2) is 9.59 Å². The Morgan fingerprint density at radius 1 is 1.26 bits per heavy atom. The van der Waals surface area contributed by atoms with E-state index in [0.29, 0.717) is 11.3 Å².